The van der Waals surface area contributed by atoms with E-state index in [1.165, 1.54) is 6.92 Å². The third kappa shape index (κ3) is 3.42. The standard InChI is InChI=1S/C32H47ClO4/c1-18(2)25-21(35)17-32(27(33)36)16-15-30(7)20(26(25)32)9-10-23-29(6)13-12-24(37-19(3)34)28(4,5)22(29)11-14-31(23,30)8/h18,20,22-24H,9-17H2,1-8H3/t20-,22+,23-,24+,29+,30-,31-,32-/m1/s1. The van der Waals surface area contributed by atoms with Crippen LogP contribution < -0.4 is 0 Å². The van der Waals surface area contributed by atoms with Crippen LogP contribution in [0.15, 0.2) is 11.1 Å². The number of Topliss-reactive ketones (excluding diaryl/α,β-unsaturated/α-hetero) is 1. The van der Waals surface area contributed by atoms with Crippen LogP contribution >= 0.6 is 11.6 Å². The molecule has 37 heavy (non-hydrogen) atoms. The molecular weight excluding hydrogens is 484 g/mol. The van der Waals surface area contributed by atoms with Gasteiger partial charge in [0.15, 0.2) is 5.78 Å². The van der Waals surface area contributed by atoms with Crippen LogP contribution in [0, 0.1) is 50.7 Å². The van der Waals surface area contributed by atoms with Crippen LogP contribution in [0.25, 0.3) is 0 Å². The number of ketones is 1. The Bertz CT molecular complexity index is 1070. The summed E-state index contributed by atoms with van der Waals surface area (Å²) in [5.41, 5.74) is 1.53. The lowest BCUT2D eigenvalue weighted by Crippen LogP contribution is -2.66. The first-order valence-corrected chi connectivity index (χ1v) is 15.1. The van der Waals surface area contributed by atoms with Gasteiger partial charge in [-0.2, -0.15) is 0 Å². The molecule has 0 aromatic heterocycles. The Kier molecular flexibility index (Phi) is 6.24. The fourth-order valence-electron chi connectivity index (χ4n) is 11.2. The van der Waals surface area contributed by atoms with Crippen molar-refractivity contribution in [3.05, 3.63) is 11.1 Å². The lowest BCUT2D eigenvalue weighted by molar-refractivity contribution is -0.232. The van der Waals surface area contributed by atoms with Crippen molar-refractivity contribution in [2.75, 3.05) is 0 Å². The number of fused-ring (bicyclic) bond motifs is 7. The third-order valence-corrected chi connectivity index (χ3v) is 13.4. The lowest BCUT2D eigenvalue weighted by atomic mass is 9.33. The van der Waals surface area contributed by atoms with Crippen molar-refractivity contribution in [3.63, 3.8) is 0 Å². The molecule has 0 amide bonds. The molecule has 4 nitrogen and oxygen atoms in total. The summed E-state index contributed by atoms with van der Waals surface area (Å²) in [6.45, 7) is 17.9. The second kappa shape index (κ2) is 8.42. The Labute approximate surface area is 228 Å². The van der Waals surface area contributed by atoms with Gasteiger partial charge in [-0.3, -0.25) is 14.4 Å². The minimum atomic E-state index is -0.781. The molecular formula is C32H47ClO4. The molecule has 0 spiro atoms. The second-order valence-electron chi connectivity index (χ2n) is 15.0. The van der Waals surface area contributed by atoms with E-state index < -0.39 is 5.41 Å². The highest BCUT2D eigenvalue weighted by atomic mass is 35.5. The zero-order valence-corrected chi connectivity index (χ0v) is 25.0. The molecule has 206 valence electrons. The monoisotopic (exact) mass is 530 g/mol. The second-order valence-corrected chi connectivity index (χ2v) is 15.4. The molecule has 0 N–H and O–H groups in total. The van der Waals surface area contributed by atoms with Crippen molar-refractivity contribution in [2.24, 2.45) is 50.7 Å². The number of allylic oxidation sites excluding steroid dienone is 2. The first kappa shape index (κ1) is 27.4. The van der Waals surface area contributed by atoms with E-state index in [-0.39, 0.29) is 63.0 Å². The van der Waals surface area contributed by atoms with Crippen molar-refractivity contribution in [3.8, 4) is 0 Å². The number of carbonyl (C=O) groups excluding carboxylic acids is 3. The van der Waals surface area contributed by atoms with Gasteiger partial charge in [-0.15, -0.1) is 0 Å². The zero-order chi connectivity index (χ0) is 27.3. The van der Waals surface area contributed by atoms with E-state index >= 15 is 0 Å². The maximum Gasteiger partial charge on any atom is 0.302 e. The molecule has 0 radical (unpaired) electrons. The van der Waals surface area contributed by atoms with Crippen LogP contribution in [0.1, 0.15) is 113 Å². The Morgan fingerprint density at radius 2 is 1.57 bits per heavy atom. The normalized spacial score (nSPS) is 46.6. The molecule has 4 saturated carbocycles. The van der Waals surface area contributed by atoms with Crippen molar-refractivity contribution < 1.29 is 19.1 Å². The van der Waals surface area contributed by atoms with Gasteiger partial charge in [-0.25, -0.2) is 0 Å². The molecule has 0 bridgehead atoms. The van der Waals surface area contributed by atoms with Gasteiger partial charge in [-0.1, -0.05) is 48.5 Å². The van der Waals surface area contributed by atoms with Gasteiger partial charge in [0.25, 0.3) is 0 Å². The summed E-state index contributed by atoms with van der Waals surface area (Å²) >= 11 is 6.37. The average molecular weight is 531 g/mol. The smallest absolute Gasteiger partial charge is 0.302 e. The Morgan fingerprint density at radius 1 is 0.892 bits per heavy atom. The fourth-order valence-corrected chi connectivity index (χ4v) is 11.5. The Morgan fingerprint density at radius 3 is 2.16 bits per heavy atom. The molecule has 0 unspecified atom stereocenters. The van der Waals surface area contributed by atoms with Gasteiger partial charge in [0.1, 0.15) is 6.10 Å². The summed E-state index contributed by atoms with van der Waals surface area (Å²) in [5.74, 6) is 1.39. The van der Waals surface area contributed by atoms with Gasteiger partial charge >= 0.3 is 5.97 Å². The topological polar surface area (TPSA) is 60.4 Å². The quantitative estimate of drug-likeness (QED) is 0.277. The molecule has 5 aliphatic rings. The van der Waals surface area contributed by atoms with Crippen LogP contribution in [-0.2, 0) is 19.1 Å². The van der Waals surface area contributed by atoms with E-state index in [0.29, 0.717) is 18.3 Å². The highest BCUT2D eigenvalue weighted by Gasteiger charge is 2.70. The SMILES string of the molecule is CC(=O)O[C@H]1CC[C@]2(C)[C@H]3CC[C@@H]4C5=C(C(C)C)C(=O)C[C@]5(C(=O)Cl)CC[C@@]4(C)[C@]3(C)CC[C@H]2C1(C)C. The molecule has 8 atom stereocenters. The number of ether oxygens (including phenoxy) is 1. The predicted molar refractivity (Wildman–Crippen MR) is 146 cm³/mol. The van der Waals surface area contributed by atoms with Gasteiger partial charge in [-0.05, 0) is 114 Å². The number of hydrogen-bond acceptors (Lipinski definition) is 4. The Hall–Kier alpha value is -1.16. The van der Waals surface area contributed by atoms with E-state index in [1.54, 1.807) is 0 Å². The van der Waals surface area contributed by atoms with Gasteiger partial charge < -0.3 is 4.74 Å². The number of hydrogen-bond donors (Lipinski definition) is 0. The highest BCUT2D eigenvalue weighted by molar-refractivity contribution is 6.65. The van der Waals surface area contributed by atoms with E-state index in [0.717, 1.165) is 56.1 Å². The lowest BCUT2D eigenvalue weighted by Gasteiger charge is -2.72. The van der Waals surface area contributed by atoms with Gasteiger partial charge in [0.05, 0.1) is 5.41 Å². The molecule has 5 heteroatoms. The van der Waals surface area contributed by atoms with Crippen molar-refractivity contribution in [2.45, 2.75) is 119 Å². The summed E-state index contributed by atoms with van der Waals surface area (Å²) in [5, 5.41) is -0.318. The van der Waals surface area contributed by atoms with E-state index in [9.17, 15) is 14.4 Å². The summed E-state index contributed by atoms with van der Waals surface area (Å²) in [7, 11) is 0. The summed E-state index contributed by atoms with van der Waals surface area (Å²) in [6, 6.07) is 0. The molecule has 0 saturated heterocycles. The van der Waals surface area contributed by atoms with Crippen molar-refractivity contribution in [1.82, 2.24) is 0 Å². The van der Waals surface area contributed by atoms with Gasteiger partial charge in [0, 0.05) is 18.8 Å². The minimum absolute atomic E-state index is 0.0207. The predicted octanol–water partition coefficient (Wildman–Crippen LogP) is 7.66. The van der Waals surface area contributed by atoms with Crippen LogP contribution in [0.4, 0.5) is 0 Å². The largest absolute Gasteiger partial charge is 0.462 e. The molecule has 0 heterocycles. The number of esters is 1. The first-order valence-electron chi connectivity index (χ1n) is 14.7. The van der Waals surface area contributed by atoms with Crippen LogP contribution in [0.2, 0.25) is 0 Å². The molecule has 5 rings (SSSR count). The van der Waals surface area contributed by atoms with Crippen molar-refractivity contribution in [1.29, 1.82) is 0 Å². The fraction of sp³-hybridized carbons (Fsp3) is 0.844. The Balaban J connectivity index is 1.57. The summed E-state index contributed by atoms with van der Waals surface area (Å²) in [6.07, 6.45) is 8.32. The third-order valence-electron chi connectivity index (χ3n) is 13.1. The number of carbonyl (C=O) groups is 3. The summed E-state index contributed by atoms with van der Waals surface area (Å²) < 4.78 is 5.87. The molecule has 0 aromatic rings. The maximum atomic E-state index is 13.3. The van der Waals surface area contributed by atoms with Crippen LogP contribution in [-0.4, -0.2) is 23.1 Å². The molecule has 0 aromatic carbocycles. The van der Waals surface area contributed by atoms with E-state index in [1.807, 2.05) is 0 Å². The maximum absolute atomic E-state index is 13.3. The average Bonchev–Trinajstić information content (AvgIpc) is 3.09. The molecule has 0 aliphatic heterocycles. The number of halogens is 1. The van der Waals surface area contributed by atoms with Gasteiger partial charge in [0.2, 0.25) is 5.24 Å². The van der Waals surface area contributed by atoms with Crippen LogP contribution in [0.5, 0.6) is 0 Å². The minimum Gasteiger partial charge on any atom is -0.462 e. The zero-order valence-electron chi connectivity index (χ0n) is 24.3. The summed E-state index contributed by atoms with van der Waals surface area (Å²) in [4.78, 5) is 38.3. The van der Waals surface area contributed by atoms with Crippen molar-refractivity contribution >= 4 is 28.6 Å². The van der Waals surface area contributed by atoms with Crippen LogP contribution in [0.3, 0.4) is 0 Å². The molecule has 5 aliphatic carbocycles. The van der Waals surface area contributed by atoms with E-state index in [2.05, 4.69) is 48.5 Å². The van der Waals surface area contributed by atoms with E-state index in [4.69, 9.17) is 16.3 Å². The highest BCUT2D eigenvalue weighted by Crippen LogP contribution is 2.76. The molecule has 4 fully saturated rings. The number of rotatable bonds is 3. The first-order chi connectivity index (χ1) is 17.1.